The molecule has 0 unspecified atom stereocenters. The number of anilines is 2. The molecule has 2 aromatic carbocycles. The summed E-state index contributed by atoms with van der Waals surface area (Å²) in [4.78, 5) is 0. The number of ether oxygens (including phenoxy) is 1. The zero-order chi connectivity index (χ0) is 13.7. The summed E-state index contributed by atoms with van der Waals surface area (Å²) in [5.41, 5.74) is 15.4. The van der Waals surface area contributed by atoms with Crippen molar-refractivity contribution in [2.24, 2.45) is 0 Å². The summed E-state index contributed by atoms with van der Waals surface area (Å²) in [6, 6.07) is 13.7. The van der Waals surface area contributed by atoms with Crippen molar-refractivity contribution in [3.8, 4) is 5.75 Å². The van der Waals surface area contributed by atoms with E-state index in [9.17, 15) is 0 Å². The van der Waals surface area contributed by atoms with E-state index in [2.05, 4.69) is 6.92 Å². The Bertz CT molecular complexity index is 535. The standard InChI is InChI=1S/C16H20N2O/c1-2-9-19-16-11-15(18)8-5-13(16)10-12-3-6-14(17)7-4-12/h3-8,11H,2,9-10,17-18H2,1H3. The molecule has 0 fully saturated rings. The van der Waals surface area contributed by atoms with Gasteiger partial charge < -0.3 is 16.2 Å². The first-order chi connectivity index (χ1) is 9.19. The molecular formula is C16H20N2O. The van der Waals surface area contributed by atoms with Crippen LogP contribution in [0.15, 0.2) is 42.5 Å². The van der Waals surface area contributed by atoms with E-state index in [-0.39, 0.29) is 0 Å². The van der Waals surface area contributed by atoms with E-state index in [0.717, 1.165) is 35.5 Å². The van der Waals surface area contributed by atoms with Crippen molar-refractivity contribution in [2.75, 3.05) is 18.1 Å². The maximum Gasteiger partial charge on any atom is 0.124 e. The molecule has 2 rings (SSSR count). The molecule has 2 aromatic rings. The normalized spacial score (nSPS) is 10.4. The number of rotatable bonds is 5. The lowest BCUT2D eigenvalue weighted by Gasteiger charge is -2.12. The van der Waals surface area contributed by atoms with Gasteiger partial charge in [-0.15, -0.1) is 0 Å². The minimum atomic E-state index is 0.707. The predicted molar refractivity (Wildman–Crippen MR) is 80.3 cm³/mol. The summed E-state index contributed by atoms with van der Waals surface area (Å²) < 4.78 is 5.76. The molecule has 0 saturated carbocycles. The molecule has 100 valence electrons. The Labute approximate surface area is 114 Å². The molecule has 0 aliphatic carbocycles. The van der Waals surface area contributed by atoms with E-state index in [1.165, 1.54) is 5.56 Å². The summed E-state index contributed by atoms with van der Waals surface area (Å²) in [6.07, 6.45) is 1.80. The van der Waals surface area contributed by atoms with E-state index in [0.29, 0.717) is 6.61 Å². The van der Waals surface area contributed by atoms with E-state index >= 15 is 0 Å². The van der Waals surface area contributed by atoms with Gasteiger partial charge in [0.25, 0.3) is 0 Å². The molecular weight excluding hydrogens is 236 g/mol. The summed E-state index contributed by atoms with van der Waals surface area (Å²) in [5.74, 6) is 0.874. The number of benzene rings is 2. The van der Waals surface area contributed by atoms with Gasteiger partial charge in [-0.2, -0.15) is 0 Å². The van der Waals surface area contributed by atoms with Crippen LogP contribution in [-0.2, 0) is 6.42 Å². The quantitative estimate of drug-likeness (QED) is 0.807. The second-order valence-electron chi connectivity index (χ2n) is 4.63. The zero-order valence-corrected chi connectivity index (χ0v) is 11.2. The van der Waals surface area contributed by atoms with Crippen molar-refractivity contribution in [1.82, 2.24) is 0 Å². The zero-order valence-electron chi connectivity index (χ0n) is 11.2. The first kappa shape index (κ1) is 13.3. The molecule has 3 heteroatoms. The van der Waals surface area contributed by atoms with Gasteiger partial charge in [0.2, 0.25) is 0 Å². The Kier molecular flexibility index (Phi) is 4.29. The smallest absolute Gasteiger partial charge is 0.124 e. The summed E-state index contributed by atoms with van der Waals surface area (Å²) in [5, 5.41) is 0. The number of hydrogen-bond acceptors (Lipinski definition) is 3. The summed E-state index contributed by atoms with van der Waals surface area (Å²) in [6.45, 7) is 2.80. The molecule has 0 aromatic heterocycles. The van der Waals surface area contributed by atoms with E-state index < -0.39 is 0 Å². The Morgan fingerprint density at radius 3 is 2.32 bits per heavy atom. The largest absolute Gasteiger partial charge is 0.493 e. The lowest BCUT2D eigenvalue weighted by Crippen LogP contribution is -2.01. The fourth-order valence-electron chi connectivity index (χ4n) is 1.92. The Hall–Kier alpha value is -2.16. The number of hydrogen-bond donors (Lipinski definition) is 2. The Morgan fingerprint density at radius 2 is 1.63 bits per heavy atom. The highest BCUT2D eigenvalue weighted by molar-refractivity contribution is 5.50. The molecule has 0 spiro atoms. The lowest BCUT2D eigenvalue weighted by atomic mass is 10.0. The van der Waals surface area contributed by atoms with Crippen LogP contribution in [0.1, 0.15) is 24.5 Å². The van der Waals surface area contributed by atoms with E-state index in [1.807, 2.05) is 42.5 Å². The van der Waals surface area contributed by atoms with Crippen molar-refractivity contribution in [2.45, 2.75) is 19.8 Å². The number of nitrogen functional groups attached to an aromatic ring is 2. The maximum atomic E-state index is 5.82. The third-order valence-corrected chi connectivity index (χ3v) is 2.93. The monoisotopic (exact) mass is 256 g/mol. The van der Waals surface area contributed by atoms with E-state index in [4.69, 9.17) is 16.2 Å². The van der Waals surface area contributed by atoms with Crippen LogP contribution in [0.25, 0.3) is 0 Å². The topological polar surface area (TPSA) is 61.3 Å². The second-order valence-corrected chi connectivity index (χ2v) is 4.63. The van der Waals surface area contributed by atoms with Gasteiger partial charge in [0.05, 0.1) is 6.61 Å². The molecule has 0 radical (unpaired) electrons. The molecule has 0 heterocycles. The van der Waals surface area contributed by atoms with Crippen LogP contribution in [0.3, 0.4) is 0 Å². The van der Waals surface area contributed by atoms with Crippen molar-refractivity contribution < 1.29 is 4.74 Å². The van der Waals surface area contributed by atoms with Gasteiger partial charge in [-0.05, 0) is 35.7 Å². The summed E-state index contributed by atoms with van der Waals surface area (Å²) in [7, 11) is 0. The third-order valence-electron chi connectivity index (χ3n) is 2.93. The lowest BCUT2D eigenvalue weighted by molar-refractivity contribution is 0.315. The molecule has 0 aliphatic heterocycles. The van der Waals surface area contributed by atoms with Gasteiger partial charge in [-0.25, -0.2) is 0 Å². The third kappa shape index (κ3) is 3.65. The van der Waals surface area contributed by atoms with Crippen molar-refractivity contribution in [1.29, 1.82) is 0 Å². The van der Waals surface area contributed by atoms with Crippen LogP contribution >= 0.6 is 0 Å². The van der Waals surface area contributed by atoms with Crippen molar-refractivity contribution in [3.05, 3.63) is 53.6 Å². The summed E-state index contributed by atoms with van der Waals surface area (Å²) >= 11 is 0. The molecule has 0 atom stereocenters. The highest BCUT2D eigenvalue weighted by atomic mass is 16.5. The highest BCUT2D eigenvalue weighted by Gasteiger charge is 2.05. The molecule has 19 heavy (non-hydrogen) atoms. The fraction of sp³-hybridized carbons (Fsp3) is 0.250. The van der Waals surface area contributed by atoms with Crippen LogP contribution < -0.4 is 16.2 Å². The van der Waals surface area contributed by atoms with Gasteiger partial charge in [-0.3, -0.25) is 0 Å². The van der Waals surface area contributed by atoms with Crippen LogP contribution in [0.2, 0.25) is 0 Å². The minimum absolute atomic E-state index is 0.707. The van der Waals surface area contributed by atoms with Crippen LogP contribution in [0, 0.1) is 0 Å². The molecule has 0 saturated heterocycles. The average molecular weight is 256 g/mol. The van der Waals surface area contributed by atoms with E-state index in [1.54, 1.807) is 0 Å². The van der Waals surface area contributed by atoms with Crippen molar-refractivity contribution in [3.63, 3.8) is 0 Å². The number of nitrogens with two attached hydrogens (primary N) is 2. The van der Waals surface area contributed by atoms with Gasteiger partial charge >= 0.3 is 0 Å². The highest BCUT2D eigenvalue weighted by Crippen LogP contribution is 2.25. The molecule has 4 N–H and O–H groups in total. The average Bonchev–Trinajstić information content (AvgIpc) is 2.41. The molecule has 0 amide bonds. The van der Waals surface area contributed by atoms with Gasteiger partial charge in [0.15, 0.2) is 0 Å². The first-order valence-corrected chi connectivity index (χ1v) is 6.54. The van der Waals surface area contributed by atoms with Gasteiger partial charge in [0, 0.05) is 23.9 Å². The minimum Gasteiger partial charge on any atom is -0.493 e. The maximum absolute atomic E-state index is 5.82. The SMILES string of the molecule is CCCOc1cc(N)ccc1Cc1ccc(N)cc1. The second kappa shape index (κ2) is 6.14. The van der Waals surface area contributed by atoms with Gasteiger partial charge in [-0.1, -0.05) is 25.1 Å². The Morgan fingerprint density at radius 1 is 0.947 bits per heavy atom. The predicted octanol–water partition coefficient (Wildman–Crippen LogP) is 3.23. The van der Waals surface area contributed by atoms with Crippen LogP contribution in [0.4, 0.5) is 11.4 Å². The van der Waals surface area contributed by atoms with Crippen LogP contribution in [-0.4, -0.2) is 6.61 Å². The molecule has 0 aliphatic rings. The van der Waals surface area contributed by atoms with Crippen molar-refractivity contribution >= 4 is 11.4 Å². The Balaban J connectivity index is 2.20. The molecule has 3 nitrogen and oxygen atoms in total. The van der Waals surface area contributed by atoms with Gasteiger partial charge in [0.1, 0.15) is 5.75 Å². The first-order valence-electron chi connectivity index (χ1n) is 6.54. The molecule has 0 bridgehead atoms. The fourth-order valence-corrected chi connectivity index (χ4v) is 1.92. The van der Waals surface area contributed by atoms with Crippen LogP contribution in [0.5, 0.6) is 5.75 Å².